The Kier molecular flexibility index (Phi) is 18.6. The number of methoxy groups -OCH3 is 1. The monoisotopic (exact) mass is 1190 g/mol. The first-order valence-corrected chi connectivity index (χ1v) is 33.7. The molecule has 5 heterocycles. The van der Waals surface area contributed by atoms with Gasteiger partial charge in [-0.1, -0.05) is 177 Å². The zero-order chi connectivity index (χ0) is 58.6. The molecule has 9 rings (SSSR count). The minimum absolute atomic E-state index is 0.00421. The molecule has 0 radical (unpaired) electrons. The summed E-state index contributed by atoms with van der Waals surface area (Å²) >= 11 is 5.99. The van der Waals surface area contributed by atoms with E-state index in [1.165, 1.54) is 30.3 Å². The van der Waals surface area contributed by atoms with Gasteiger partial charge in [-0.05, 0) is 42.6 Å². The molecule has 2 fully saturated rings. The number of carbonyl (C=O) groups excluding carboxylic acids is 1. The van der Waals surface area contributed by atoms with Crippen LogP contribution in [0.1, 0.15) is 74.3 Å². The first-order chi connectivity index (χ1) is 39.1. The number of fused-ring (bicyclic) bond motifs is 1. The van der Waals surface area contributed by atoms with E-state index in [1.807, 2.05) is 72.8 Å². The maximum atomic E-state index is 13.7. The van der Waals surface area contributed by atoms with Crippen molar-refractivity contribution in [1.29, 1.82) is 0 Å². The number of carbonyl (C=O) groups is 1. The molecular formula is C58H72N7O13PSSi2. The Morgan fingerprint density at radius 1 is 0.768 bits per heavy atom. The molecule has 436 valence electrons. The smallest absolute Gasteiger partial charge is 0.330 e. The minimum Gasteiger partial charge on any atom is -0.405 e. The molecule has 0 bridgehead atoms. The highest BCUT2D eigenvalue weighted by atomic mass is 32.5. The summed E-state index contributed by atoms with van der Waals surface area (Å²) in [6.07, 6.45) is -4.38. The molecule has 2 aliphatic heterocycles. The second-order valence-electron chi connectivity index (χ2n) is 22.8. The standard InChI is InChI=1S/C58H72N7O13PSSi2/c1-38(2)52(67)62-55-61-51-48(53(68)63-55)59-37-65(51)47-34-43(78-82(58(6,7)8,41-26-18-12-19-27-41)42-28-20-13-21-29-42)44(75-47)35-73-79(70,80)77-49-45(76-54(50(49)72-33-32-71-9)64-31-30-46(66)60-56(64)69)36-74-81(57(3,4)5,39-22-14-10-15-23-39)40-24-16-11-17-25-40/h10-31,37-38,43-45,47,49-50,54H,32-36H2,1-9H3,(H,70,80)(H,60,66,69)(H2,61,62,63,67,68)/t43-,44+,45+,47+,49+,50+,54+,79?/m0/s1. The summed E-state index contributed by atoms with van der Waals surface area (Å²) in [6.45, 7) is 11.6. The molecular weight excluding hydrogens is 1120 g/mol. The molecule has 4 N–H and O–H groups in total. The summed E-state index contributed by atoms with van der Waals surface area (Å²) in [5, 5.41) is 5.74. The molecule has 0 spiro atoms. The number of aromatic amines is 2. The number of imidazole rings is 1. The lowest BCUT2D eigenvalue weighted by Crippen LogP contribution is -2.68. The Labute approximate surface area is 483 Å². The Bertz CT molecular complexity index is 3450. The van der Waals surface area contributed by atoms with Gasteiger partial charge in [-0.2, -0.15) is 4.98 Å². The van der Waals surface area contributed by atoms with Crippen LogP contribution in [-0.4, -0.2) is 121 Å². The van der Waals surface area contributed by atoms with E-state index in [0.717, 1.165) is 20.7 Å². The molecule has 1 unspecified atom stereocenters. The van der Waals surface area contributed by atoms with Gasteiger partial charge in [0.2, 0.25) is 11.9 Å². The van der Waals surface area contributed by atoms with E-state index in [0.29, 0.717) is 0 Å². The Balaban J connectivity index is 1.10. The van der Waals surface area contributed by atoms with Gasteiger partial charge in [-0.15, -0.1) is 0 Å². The minimum atomic E-state index is -4.43. The highest BCUT2D eigenvalue weighted by Crippen LogP contribution is 2.51. The fourth-order valence-corrected chi connectivity index (χ4v) is 21.8. The van der Waals surface area contributed by atoms with Crippen molar-refractivity contribution in [2.45, 2.75) is 115 Å². The van der Waals surface area contributed by atoms with Gasteiger partial charge in [0.15, 0.2) is 17.4 Å². The van der Waals surface area contributed by atoms with Crippen LogP contribution in [0.5, 0.6) is 0 Å². The van der Waals surface area contributed by atoms with Crippen molar-refractivity contribution < 1.29 is 46.5 Å². The van der Waals surface area contributed by atoms with E-state index >= 15 is 0 Å². The molecule has 3 aromatic heterocycles. The van der Waals surface area contributed by atoms with Gasteiger partial charge in [0.1, 0.15) is 30.6 Å². The zero-order valence-electron chi connectivity index (χ0n) is 47.4. The summed E-state index contributed by atoms with van der Waals surface area (Å²) in [6, 6.07) is 41.4. The van der Waals surface area contributed by atoms with Crippen molar-refractivity contribution in [3.05, 3.63) is 171 Å². The average Bonchev–Trinajstić information content (AvgIpc) is 4.29. The molecule has 4 aromatic carbocycles. The largest absolute Gasteiger partial charge is 0.405 e. The molecule has 0 saturated carbocycles. The Morgan fingerprint density at radius 3 is 1.85 bits per heavy atom. The lowest BCUT2D eigenvalue weighted by Gasteiger charge is -2.45. The van der Waals surface area contributed by atoms with E-state index in [2.05, 4.69) is 115 Å². The van der Waals surface area contributed by atoms with E-state index < -0.39 is 99.1 Å². The molecule has 0 aliphatic carbocycles. The first-order valence-electron chi connectivity index (χ1n) is 27.3. The second-order valence-corrected chi connectivity index (χ2v) is 34.1. The van der Waals surface area contributed by atoms with Crippen LogP contribution >= 0.6 is 6.72 Å². The van der Waals surface area contributed by atoms with Crippen LogP contribution in [0.25, 0.3) is 11.2 Å². The van der Waals surface area contributed by atoms with Crippen molar-refractivity contribution in [3.63, 3.8) is 0 Å². The Hall–Kier alpha value is -5.90. The summed E-state index contributed by atoms with van der Waals surface area (Å²) < 4.78 is 56.7. The fourth-order valence-electron chi connectivity index (χ4n) is 11.1. The highest BCUT2D eigenvalue weighted by molar-refractivity contribution is 8.07. The van der Waals surface area contributed by atoms with Crippen LogP contribution < -0.4 is 42.9 Å². The number of amides is 1. The fraction of sp³-hybridized carbons (Fsp3) is 0.414. The van der Waals surface area contributed by atoms with Gasteiger partial charge in [0, 0.05) is 31.7 Å². The van der Waals surface area contributed by atoms with Crippen LogP contribution in [0.15, 0.2) is 154 Å². The topological polar surface area (TPSA) is 242 Å². The molecule has 2 saturated heterocycles. The summed E-state index contributed by atoms with van der Waals surface area (Å²) in [5.74, 6) is -0.805. The van der Waals surface area contributed by atoms with Crippen LogP contribution in [0, 0.1) is 5.92 Å². The number of rotatable bonds is 22. The lowest BCUT2D eigenvalue weighted by molar-refractivity contribution is -0.118. The number of H-pyrrole nitrogens is 2. The van der Waals surface area contributed by atoms with Crippen LogP contribution in [0.2, 0.25) is 10.1 Å². The van der Waals surface area contributed by atoms with Gasteiger partial charge < -0.3 is 37.2 Å². The van der Waals surface area contributed by atoms with Crippen molar-refractivity contribution in [2.24, 2.45) is 5.92 Å². The predicted octanol–water partition coefficient (Wildman–Crippen LogP) is 5.62. The van der Waals surface area contributed by atoms with Crippen molar-refractivity contribution in [1.82, 2.24) is 29.1 Å². The quantitative estimate of drug-likeness (QED) is 0.0366. The van der Waals surface area contributed by atoms with E-state index in [1.54, 1.807) is 18.4 Å². The van der Waals surface area contributed by atoms with Gasteiger partial charge in [-0.25, -0.2) is 9.78 Å². The lowest BCUT2D eigenvalue weighted by atomic mass is 10.1. The number of hydrogen-bond donors (Lipinski definition) is 4. The van der Waals surface area contributed by atoms with Crippen LogP contribution in [-0.2, 0) is 53.4 Å². The van der Waals surface area contributed by atoms with Crippen molar-refractivity contribution in [2.75, 3.05) is 38.9 Å². The van der Waals surface area contributed by atoms with E-state index in [4.69, 9.17) is 48.7 Å². The molecule has 7 aromatic rings. The number of benzene rings is 4. The number of nitrogens with one attached hydrogen (secondary N) is 3. The maximum Gasteiger partial charge on any atom is 0.330 e. The molecule has 1 amide bonds. The summed E-state index contributed by atoms with van der Waals surface area (Å²) in [4.78, 5) is 79.0. The predicted molar refractivity (Wildman–Crippen MR) is 320 cm³/mol. The number of hydrogen-bond acceptors (Lipinski definition) is 15. The second kappa shape index (κ2) is 25.1. The van der Waals surface area contributed by atoms with Gasteiger partial charge >= 0.3 is 12.4 Å². The number of anilines is 1. The summed E-state index contributed by atoms with van der Waals surface area (Å²) in [5.41, 5.74) is -1.78. The van der Waals surface area contributed by atoms with Gasteiger partial charge in [0.25, 0.3) is 27.8 Å². The number of aromatic nitrogens is 6. The third-order valence-corrected chi connectivity index (χ3v) is 26.6. The van der Waals surface area contributed by atoms with E-state index in [-0.39, 0.29) is 55.9 Å². The molecule has 2 aliphatic rings. The van der Waals surface area contributed by atoms with Crippen LogP contribution in [0.4, 0.5) is 5.95 Å². The van der Waals surface area contributed by atoms with Gasteiger partial charge in [0.05, 0.1) is 38.9 Å². The molecule has 82 heavy (non-hydrogen) atoms. The first kappa shape index (κ1) is 60.7. The summed E-state index contributed by atoms with van der Waals surface area (Å²) in [7, 11) is -5.09. The molecule has 24 heteroatoms. The van der Waals surface area contributed by atoms with Crippen molar-refractivity contribution in [3.8, 4) is 0 Å². The zero-order valence-corrected chi connectivity index (χ0v) is 51.1. The third-order valence-electron chi connectivity index (χ3n) is 15.0. The average molecular weight is 1190 g/mol. The van der Waals surface area contributed by atoms with Gasteiger partial charge in [-0.3, -0.25) is 43.3 Å². The van der Waals surface area contributed by atoms with Crippen molar-refractivity contribution >= 4 is 78.9 Å². The normalized spacial score (nSPS) is 21.5. The SMILES string of the molecule is COCCO[C@@H]1[C@H](OP(O)(=S)OC[C@H]2O[C@@H](n3cnc4c(=O)[nH]c(NC(=O)C(C)C)nc43)C[C@@H]2O[Si](c2ccccc2)(c2ccccc2)C(C)(C)C)[C@@H](CO[Si](c2ccccc2)(c2ccccc2)C(C)(C)C)O[C@H]1n1ccc(=O)[nH]c1=O. The van der Waals surface area contributed by atoms with Crippen LogP contribution in [0.3, 0.4) is 0 Å². The maximum absolute atomic E-state index is 13.7. The van der Waals surface area contributed by atoms with E-state index in [9.17, 15) is 24.1 Å². The molecule has 20 nitrogen and oxygen atoms in total. The number of ether oxygens (including phenoxy) is 4. The third kappa shape index (κ3) is 12.6. The number of nitrogens with zero attached hydrogens (tertiary/aromatic N) is 4. The molecule has 8 atom stereocenters. The highest BCUT2D eigenvalue weighted by Gasteiger charge is 2.56. The Morgan fingerprint density at radius 2 is 1.33 bits per heavy atom.